The van der Waals surface area contributed by atoms with Crippen molar-refractivity contribution in [3.8, 4) is 0 Å². The monoisotopic (exact) mass is 279 g/mol. The van der Waals surface area contributed by atoms with E-state index in [1.807, 2.05) is 4.90 Å². The minimum Gasteiger partial charge on any atom is -0.353 e. The van der Waals surface area contributed by atoms with Gasteiger partial charge in [-0.15, -0.1) is 0 Å². The fourth-order valence-electron chi connectivity index (χ4n) is 3.20. The molecule has 0 aromatic carbocycles. The Labute approximate surface area is 120 Å². The normalized spacial score (nSPS) is 27.6. The first-order valence-corrected chi connectivity index (χ1v) is 8.01. The van der Waals surface area contributed by atoms with Crippen LogP contribution < -0.4 is 10.6 Å². The van der Waals surface area contributed by atoms with E-state index >= 15 is 0 Å². The van der Waals surface area contributed by atoms with Crippen LogP contribution in [0.4, 0.5) is 0 Å². The lowest BCUT2D eigenvalue weighted by molar-refractivity contribution is -0.133. The van der Waals surface area contributed by atoms with Crippen molar-refractivity contribution in [3.63, 3.8) is 0 Å². The molecule has 0 aromatic heterocycles. The van der Waals surface area contributed by atoms with Gasteiger partial charge in [-0.2, -0.15) is 0 Å². The molecule has 3 rings (SSSR count). The number of hydrogen-bond acceptors (Lipinski definition) is 3. The molecule has 1 atom stereocenters. The van der Waals surface area contributed by atoms with Crippen LogP contribution >= 0.6 is 0 Å². The third-order valence-corrected chi connectivity index (χ3v) is 4.77. The number of hydrogen-bond donors (Lipinski definition) is 2. The van der Waals surface area contributed by atoms with Gasteiger partial charge >= 0.3 is 0 Å². The van der Waals surface area contributed by atoms with E-state index in [1.54, 1.807) is 0 Å². The zero-order valence-electron chi connectivity index (χ0n) is 12.1. The molecule has 2 saturated heterocycles. The van der Waals surface area contributed by atoms with Gasteiger partial charge in [-0.3, -0.25) is 9.59 Å². The van der Waals surface area contributed by atoms with Gasteiger partial charge in [0, 0.05) is 31.5 Å². The smallest absolute Gasteiger partial charge is 0.223 e. The molecule has 0 bridgehead atoms. The van der Waals surface area contributed by atoms with Crippen molar-refractivity contribution in [2.24, 2.45) is 11.8 Å². The Hall–Kier alpha value is -1.10. The van der Waals surface area contributed by atoms with Gasteiger partial charge in [0.05, 0.1) is 0 Å². The fraction of sp³-hybridized carbons (Fsp3) is 0.867. The van der Waals surface area contributed by atoms with Gasteiger partial charge in [-0.1, -0.05) is 0 Å². The van der Waals surface area contributed by atoms with Crippen LogP contribution in [0, 0.1) is 11.8 Å². The third kappa shape index (κ3) is 3.51. The summed E-state index contributed by atoms with van der Waals surface area (Å²) in [7, 11) is 0. The highest BCUT2D eigenvalue weighted by atomic mass is 16.2. The van der Waals surface area contributed by atoms with E-state index in [1.165, 1.54) is 0 Å². The lowest BCUT2D eigenvalue weighted by Gasteiger charge is -2.33. The van der Waals surface area contributed by atoms with Crippen molar-refractivity contribution in [2.45, 2.75) is 44.6 Å². The third-order valence-electron chi connectivity index (χ3n) is 4.77. The Balaban J connectivity index is 1.38. The molecule has 2 heterocycles. The maximum Gasteiger partial charge on any atom is 0.223 e. The molecule has 3 fully saturated rings. The number of carbonyl (C=O) groups excluding carboxylic acids is 2. The molecule has 5 nitrogen and oxygen atoms in total. The highest BCUT2D eigenvalue weighted by Crippen LogP contribution is 2.29. The van der Waals surface area contributed by atoms with Gasteiger partial charge in [-0.05, 0) is 51.1 Å². The van der Waals surface area contributed by atoms with Crippen LogP contribution in [0.15, 0.2) is 0 Å². The van der Waals surface area contributed by atoms with E-state index in [-0.39, 0.29) is 17.9 Å². The molecule has 1 unspecified atom stereocenters. The first-order chi connectivity index (χ1) is 9.72. The number of carbonyl (C=O) groups is 2. The second kappa shape index (κ2) is 6.12. The van der Waals surface area contributed by atoms with E-state index < -0.39 is 0 Å². The Morgan fingerprint density at radius 1 is 1.10 bits per heavy atom. The number of rotatable bonds is 4. The van der Waals surface area contributed by atoms with Crippen LogP contribution in [0.1, 0.15) is 38.5 Å². The molecule has 3 aliphatic rings. The van der Waals surface area contributed by atoms with Crippen molar-refractivity contribution in [1.29, 1.82) is 0 Å². The van der Waals surface area contributed by atoms with Gasteiger partial charge < -0.3 is 15.5 Å². The second-order valence-electron chi connectivity index (χ2n) is 6.50. The summed E-state index contributed by atoms with van der Waals surface area (Å²) in [4.78, 5) is 25.9. The molecule has 2 aliphatic heterocycles. The molecule has 0 radical (unpaired) electrons. The molecular weight excluding hydrogens is 254 g/mol. The molecule has 5 heteroatoms. The number of piperidine rings is 1. The van der Waals surface area contributed by atoms with Crippen molar-refractivity contribution >= 4 is 11.8 Å². The van der Waals surface area contributed by atoms with E-state index in [2.05, 4.69) is 10.6 Å². The summed E-state index contributed by atoms with van der Waals surface area (Å²) in [6.45, 7) is 3.63. The molecule has 1 saturated carbocycles. The van der Waals surface area contributed by atoms with Crippen LogP contribution in [0.5, 0.6) is 0 Å². The first-order valence-electron chi connectivity index (χ1n) is 8.01. The standard InChI is InChI=1S/C15H25N3O2/c19-14(9-11-3-6-16-10-11)18-7-4-13(5-8-18)17-15(20)12-1-2-12/h11-13,16H,1-10H2,(H,17,20). The summed E-state index contributed by atoms with van der Waals surface area (Å²) < 4.78 is 0. The van der Waals surface area contributed by atoms with Gasteiger partial charge in [0.1, 0.15) is 0 Å². The maximum atomic E-state index is 12.2. The Morgan fingerprint density at radius 2 is 1.85 bits per heavy atom. The van der Waals surface area contributed by atoms with E-state index in [0.717, 1.165) is 58.3 Å². The highest BCUT2D eigenvalue weighted by molar-refractivity contribution is 5.81. The average Bonchev–Trinajstić information content (AvgIpc) is 3.19. The number of likely N-dealkylation sites (tertiary alicyclic amines) is 1. The lowest BCUT2D eigenvalue weighted by atomic mass is 10.0. The summed E-state index contributed by atoms with van der Waals surface area (Å²) in [5.41, 5.74) is 0. The molecule has 0 aromatic rings. The molecular formula is C15H25N3O2. The predicted octanol–water partition coefficient (Wildman–Crippen LogP) is 0.503. The van der Waals surface area contributed by atoms with Crippen LogP contribution in [0.25, 0.3) is 0 Å². The van der Waals surface area contributed by atoms with Crippen LogP contribution in [0.3, 0.4) is 0 Å². The average molecular weight is 279 g/mol. The molecule has 112 valence electrons. The molecule has 2 amide bonds. The number of amides is 2. The number of nitrogens with zero attached hydrogens (tertiary/aromatic N) is 1. The quantitative estimate of drug-likeness (QED) is 0.788. The van der Waals surface area contributed by atoms with Crippen molar-refractivity contribution in [3.05, 3.63) is 0 Å². The van der Waals surface area contributed by atoms with Crippen molar-refractivity contribution < 1.29 is 9.59 Å². The van der Waals surface area contributed by atoms with Crippen LogP contribution in [-0.4, -0.2) is 48.9 Å². The summed E-state index contributed by atoms with van der Waals surface area (Å²) in [5.74, 6) is 1.33. The van der Waals surface area contributed by atoms with E-state index in [9.17, 15) is 9.59 Å². The molecule has 0 spiro atoms. The summed E-state index contributed by atoms with van der Waals surface area (Å²) in [6.07, 6.45) is 5.74. The predicted molar refractivity (Wildman–Crippen MR) is 76.1 cm³/mol. The molecule has 2 N–H and O–H groups in total. The Morgan fingerprint density at radius 3 is 2.45 bits per heavy atom. The first kappa shape index (κ1) is 13.9. The van der Waals surface area contributed by atoms with Crippen molar-refractivity contribution in [1.82, 2.24) is 15.5 Å². The Kier molecular flexibility index (Phi) is 4.24. The summed E-state index contributed by atoms with van der Waals surface area (Å²) in [6, 6.07) is 0.278. The SMILES string of the molecule is O=C(NC1CCN(C(=O)CC2CCNC2)CC1)C1CC1. The van der Waals surface area contributed by atoms with Gasteiger partial charge in [0.2, 0.25) is 11.8 Å². The number of nitrogens with one attached hydrogen (secondary N) is 2. The minimum atomic E-state index is 0.229. The highest BCUT2D eigenvalue weighted by Gasteiger charge is 2.32. The largest absolute Gasteiger partial charge is 0.353 e. The molecule has 20 heavy (non-hydrogen) atoms. The summed E-state index contributed by atoms with van der Waals surface area (Å²) in [5, 5.41) is 6.43. The zero-order valence-corrected chi connectivity index (χ0v) is 12.1. The Bertz CT molecular complexity index is 367. The van der Waals surface area contributed by atoms with Crippen molar-refractivity contribution in [2.75, 3.05) is 26.2 Å². The maximum absolute atomic E-state index is 12.2. The van der Waals surface area contributed by atoms with Crippen LogP contribution in [-0.2, 0) is 9.59 Å². The van der Waals surface area contributed by atoms with E-state index in [4.69, 9.17) is 0 Å². The summed E-state index contributed by atoms with van der Waals surface area (Å²) >= 11 is 0. The van der Waals surface area contributed by atoms with Gasteiger partial charge in [0.25, 0.3) is 0 Å². The van der Waals surface area contributed by atoms with E-state index in [0.29, 0.717) is 18.2 Å². The topological polar surface area (TPSA) is 61.4 Å². The lowest BCUT2D eigenvalue weighted by Crippen LogP contribution is -2.47. The fourth-order valence-corrected chi connectivity index (χ4v) is 3.20. The zero-order chi connectivity index (χ0) is 13.9. The van der Waals surface area contributed by atoms with Gasteiger partial charge in [0.15, 0.2) is 0 Å². The minimum absolute atomic E-state index is 0.229. The second-order valence-corrected chi connectivity index (χ2v) is 6.50. The molecule has 1 aliphatic carbocycles. The van der Waals surface area contributed by atoms with Gasteiger partial charge in [-0.25, -0.2) is 0 Å². The van der Waals surface area contributed by atoms with Crippen LogP contribution in [0.2, 0.25) is 0 Å².